The van der Waals surface area contributed by atoms with Crippen LogP contribution in [0.2, 0.25) is 0 Å². The molecular weight excluding hydrogens is 146 g/mol. The molecule has 1 atom stereocenters. The number of allylic oxidation sites excluding steroid dienone is 1. The van der Waals surface area contributed by atoms with Crippen molar-refractivity contribution in [1.29, 1.82) is 0 Å². The quantitative estimate of drug-likeness (QED) is 0.574. The first-order chi connectivity index (χ1) is 5.64. The van der Waals surface area contributed by atoms with Crippen molar-refractivity contribution in [2.75, 3.05) is 0 Å². The highest BCUT2D eigenvalue weighted by molar-refractivity contribution is 5.47. The molecule has 0 N–H and O–H groups in total. The Morgan fingerprint density at radius 3 is 2.25 bits per heavy atom. The molecule has 0 aromatic carbocycles. The van der Waals surface area contributed by atoms with Crippen LogP contribution >= 0.6 is 0 Å². The molecule has 1 saturated carbocycles. The average molecular weight is 159 g/mol. The molecule has 1 heterocycles. The lowest BCUT2D eigenvalue weighted by Crippen LogP contribution is -1.89. The van der Waals surface area contributed by atoms with E-state index in [1.54, 1.807) is 0 Å². The van der Waals surface area contributed by atoms with Crippen LogP contribution in [0.1, 0.15) is 25.3 Å². The summed E-state index contributed by atoms with van der Waals surface area (Å²) in [5.41, 5.74) is 3.00. The van der Waals surface area contributed by atoms with Gasteiger partial charge in [0.15, 0.2) is 0 Å². The Balaban J connectivity index is 2.31. The number of pyridine rings is 1. The van der Waals surface area contributed by atoms with Crippen LogP contribution in [0.25, 0.3) is 0 Å². The van der Waals surface area contributed by atoms with Crippen molar-refractivity contribution in [3.8, 4) is 0 Å². The van der Waals surface area contributed by atoms with Crippen LogP contribution in [-0.4, -0.2) is 4.98 Å². The monoisotopic (exact) mass is 159 g/mol. The van der Waals surface area contributed by atoms with Gasteiger partial charge >= 0.3 is 0 Å². The molecule has 1 aliphatic carbocycles. The van der Waals surface area contributed by atoms with Gasteiger partial charge in [0.25, 0.3) is 0 Å². The summed E-state index contributed by atoms with van der Waals surface area (Å²) in [4.78, 5) is 4.00. The third kappa shape index (κ3) is 0.893. The van der Waals surface area contributed by atoms with Gasteiger partial charge in [-0.25, -0.2) is 0 Å². The SMILES string of the molecule is C=C1C(c2ccncc2)C1(C)C. The largest absolute Gasteiger partial charge is 0.265 e. The van der Waals surface area contributed by atoms with E-state index in [0.717, 1.165) is 0 Å². The standard InChI is InChI=1S/C11H13N/c1-8-10(11(8,2)3)9-4-6-12-7-5-9/h4-7,10H,1H2,2-3H3. The summed E-state index contributed by atoms with van der Waals surface area (Å²) < 4.78 is 0. The third-order valence-corrected chi connectivity index (χ3v) is 2.85. The highest BCUT2D eigenvalue weighted by atomic mass is 14.6. The summed E-state index contributed by atoms with van der Waals surface area (Å²) >= 11 is 0. The zero-order valence-electron chi connectivity index (χ0n) is 7.54. The smallest absolute Gasteiger partial charge is 0.0270 e. The van der Waals surface area contributed by atoms with Gasteiger partial charge in [-0.15, -0.1) is 0 Å². The summed E-state index contributed by atoms with van der Waals surface area (Å²) in [5, 5.41) is 0. The first-order valence-corrected chi connectivity index (χ1v) is 4.23. The lowest BCUT2D eigenvalue weighted by molar-refractivity contribution is 0.641. The molecule has 0 saturated heterocycles. The molecule has 1 fully saturated rings. The van der Waals surface area contributed by atoms with Crippen molar-refractivity contribution in [3.63, 3.8) is 0 Å². The van der Waals surface area contributed by atoms with Gasteiger partial charge in [-0.05, 0) is 23.1 Å². The fourth-order valence-electron chi connectivity index (χ4n) is 1.81. The molecule has 0 spiro atoms. The van der Waals surface area contributed by atoms with E-state index in [-0.39, 0.29) is 0 Å². The average Bonchev–Trinajstić information content (AvgIpc) is 2.53. The number of aromatic nitrogens is 1. The van der Waals surface area contributed by atoms with Crippen LogP contribution in [0.4, 0.5) is 0 Å². The Kier molecular flexibility index (Phi) is 1.38. The van der Waals surface area contributed by atoms with Crippen LogP contribution < -0.4 is 0 Å². The van der Waals surface area contributed by atoms with E-state index in [1.807, 2.05) is 12.4 Å². The van der Waals surface area contributed by atoms with E-state index in [2.05, 4.69) is 37.5 Å². The van der Waals surface area contributed by atoms with Crippen LogP contribution in [0.5, 0.6) is 0 Å². The Hall–Kier alpha value is -1.11. The minimum atomic E-state index is 0.307. The zero-order valence-corrected chi connectivity index (χ0v) is 7.54. The highest BCUT2D eigenvalue weighted by Crippen LogP contribution is 2.62. The fraction of sp³-hybridized carbons (Fsp3) is 0.364. The summed E-state index contributed by atoms with van der Waals surface area (Å²) in [6, 6.07) is 4.15. The molecule has 1 aromatic heterocycles. The Bertz CT molecular complexity index is 311. The maximum absolute atomic E-state index is 4.06. The van der Waals surface area contributed by atoms with Crippen molar-refractivity contribution in [3.05, 3.63) is 42.2 Å². The van der Waals surface area contributed by atoms with Crippen molar-refractivity contribution in [1.82, 2.24) is 4.98 Å². The second-order valence-electron chi connectivity index (χ2n) is 3.96. The second kappa shape index (κ2) is 2.19. The fourth-order valence-corrected chi connectivity index (χ4v) is 1.81. The van der Waals surface area contributed by atoms with Crippen LogP contribution in [0, 0.1) is 5.41 Å². The molecule has 1 aromatic rings. The molecule has 0 bridgehead atoms. The van der Waals surface area contributed by atoms with Gasteiger partial charge in [0.05, 0.1) is 0 Å². The van der Waals surface area contributed by atoms with Crippen molar-refractivity contribution >= 4 is 0 Å². The van der Waals surface area contributed by atoms with Crippen LogP contribution in [-0.2, 0) is 0 Å². The molecule has 1 unspecified atom stereocenters. The molecular formula is C11H13N. The molecule has 1 heteroatoms. The van der Waals surface area contributed by atoms with Gasteiger partial charge in [-0.2, -0.15) is 0 Å². The minimum absolute atomic E-state index is 0.307. The molecule has 0 amide bonds. The topological polar surface area (TPSA) is 12.9 Å². The van der Waals surface area contributed by atoms with E-state index < -0.39 is 0 Å². The highest BCUT2D eigenvalue weighted by Gasteiger charge is 2.51. The van der Waals surface area contributed by atoms with Gasteiger partial charge in [-0.1, -0.05) is 26.0 Å². The summed E-state index contributed by atoms with van der Waals surface area (Å²) in [6.07, 6.45) is 3.69. The molecule has 0 radical (unpaired) electrons. The first-order valence-electron chi connectivity index (χ1n) is 4.23. The predicted molar refractivity (Wildman–Crippen MR) is 49.9 cm³/mol. The molecule has 2 rings (SSSR count). The Morgan fingerprint density at radius 1 is 1.33 bits per heavy atom. The van der Waals surface area contributed by atoms with Crippen molar-refractivity contribution < 1.29 is 0 Å². The lowest BCUT2D eigenvalue weighted by Gasteiger charge is -2.00. The maximum atomic E-state index is 4.06. The van der Waals surface area contributed by atoms with Crippen molar-refractivity contribution in [2.24, 2.45) is 5.41 Å². The Labute approximate surface area is 73.1 Å². The maximum Gasteiger partial charge on any atom is 0.0270 e. The van der Waals surface area contributed by atoms with E-state index in [4.69, 9.17) is 0 Å². The summed E-state index contributed by atoms with van der Waals surface area (Å²) in [6.45, 7) is 8.53. The van der Waals surface area contributed by atoms with Gasteiger partial charge in [0.2, 0.25) is 0 Å². The number of nitrogens with zero attached hydrogens (tertiary/aromatic N) is 1. The molecule has 12 heavy (non-hydrogen) atoms. The summed E-state index contributed by atoms with van der Waals surface area (Å²) in [7, 11) is 0. The molecule has 1 nitrogen and oxygen atoms in total. The van der Waals surface area contributed by atoms with Crippen LogP contribution in [0.15, 0.2) is 36.7 Å². The normalized spacial score (nSPS) is 25.5. The first kappa shape index (κ1) is 7.53. The molecule has 62 valence electrons. The minimum Gasteiger partial charge on any atom is -0.265 e. The molecule has 1 aliphatic rings. The predicted octanol–water partition coefficient (Wildman–Crippen LogP) is 2.76. The van der Waals surface area contributed by atoms with Gasteiger partial charge < -0.3 is 0 Å². The number of hydrogen-bond acceptors (Lipinski definition) is 1. The zero-order chi connectivity index (χ0) is 8.77. The van der Waals surface area contributed by atoms with E-state index in [0.29, 0.717) is 11.3 Å². The van der Waals surface area contributed by atoms with Crippen molar-refractivity contribution in [2.45, 2.75) is 19.8 Å². The lowest BCUT2D eigenvalue weighted by atomic mass is 10.0. The molecule has 0 aliphatic heterocycles. The second-order valence-corrected chi connectivity index (χ2v) is 3.96. The van der Waals surface area contributed by atoms with Crippen LogP contribution in [0.3, 0.4) is 0 Å². The Morgan fingerprint density at radius 2 is 1.83 bits per heavy atom. The van der Waals surface area contributed by atoms with E-state index in [9.17, 15) is 0 Å². The van der Waals surface area contributed by atoms with Gasteiger partial charge in [0.1, 0.15) is 0 Å². The van der Waals surface area contributed by atoms with E-state index >= 15 is 0 Å². The summed E-state index contributed by atoms with van der Waals surface area (Å²) in [5.74, 6) is 0.556. The van der Waals surface area contributed by atoms with Gasteiger partial charge in [0, 0.05) is 18.3 Å². The van der Waals surface area contributed by atoms with Gasteiger partial charge in [-0.3, -0.25) is 4.98 Å². The number of rotatable bonds is 1. The number of hydrogen-bond donors (Lipinski definition) is 0. The van der Waals surface area contributed by atoms with E-state index in [1.165, 1.54) is 11.1 Å². The third-order valence-electron chi connectivity index (χ3n) is 2.85.